The molecule has 136 valence electrons. The van der Waals surface area contributed by atoms with E-state index in [1.807, 2.05) is 30.5 Å². The van der Waals surface area contributed by atoms with E-state index in [0.717, 1.165) is 42.6 Å². The van der Waals surface area contributed by atoms with E-state index in [-0.39, 0.29) is 37.3 Å². The molecule has 0 aliphatic carbocycles. The third-order valence-corrected chi connectivity index (χ3v) is 4.28. The third-order valence-electron chi connectivity index (χ3n) is 4.28. The molecule has 1 aromatic heterocycles. The summed E-state index contributed by atoms with van der Waals surface area (Å²) in [6, 6.07) is 7.59. The maximum atomic E-state index is 12.7. The quantitative estimate of drug-likeness (QED) is 0.824. The number of alkyl halides is 3. The normalized spacial score (nSPS) is 17.1. The van der Waals surface area contributed by atoms with Gasteiger partial charge in [0.05, 0.1) is 0 Å². The van der Waals surface area contributed by atoms with E-state index in [1.54, 1.807) is 0 Å². The number of halogens is 5. The Hall–Kier alpha value is -0.950. The Morgan fingerprint density at radius 2 is 1.79 bits per heavy atom. The number of hydrogen-bond acceptors (Lipinski definition) is 2. The summed E-state index contributed by atoms with van der Waals surface area (Å²) >= 11 is 0. The van der Waals surface area contributed by atoms with E-state index in [9.17, 15) is 13.2 Å². The van der Waals surface area contributed by atoms with Gasteiger partial charge in [-0.2, -0.15) is 13.2 Å². The molecule has 2 aromatic rings. The second-order valence-electron chi connectivity index (χ2n) is 5.74. The molecule has 1 atom stereocenters. The van der Waals surface area contributed by atoms with Crippen molar-refractivity contribution in [3.05, 3.63) is 36.0 Å². The molecule has 2 heterocycles. The summed E-state index contributed by atoms with van der Waals surface area (Å²) in [4.78, 5) is 5.31. The third kappa shape index (κ3) is 5.02. The van der Waals surface area contributed by atoms with Crippen molar-refractivity contribution in [1.82, 2.24) is 15.2 Å². The van der Waals surface area contributed by atoms with Crippen LogP contribution in [0.3, 0.4) is 0 Å². The second kappa shape index (κ2) is 8.94. The SMILES string of the molecule is Cl.Cl.FC(F)(F)CC[C@@H](c1cccc2[nH]ccc12)N1CCNCC1. The number of nitrogens with one attached hydrogen (secondary N) is 2. The van der Waals surface area contributed by atoms with Gasteiger partial charge in [0.2, 0.25) is 0 Å². The van der Waals surface area contributed by atoms with Gasteiger partial charge in [-0.15, -0.1) is 24.8 Å². The van der Waals surface area contributed by atoms with Crippen LogP contribution in [0.4, 0.5) is 13.2 Å². The van der Waals surface area contributed by atoms with Crippen molar-refractivity contribution in [2.45, 2.75) is 25.1 Å². The van der Waals surface area contributed by atoms with Crippen LogP contribution >= 0.6 is 24.8 Å². The van der Waals surface area contributed by atoms with E-state index in [2.05, 4.69) is 15.2 Å². The van der Waals surface area contributed by atoms with Crippen molar-refractivity contribution in [3.8, 4) is 0 Å². The van der Waals surface area contributed by atoms with Crippen LogP contribution in [0.15, 0.2) is 30.5 Å². The summed E-state index contributed by atoms with van der Waals surface area (Å²) < 4.78 is 38.1. The van der Waals surface area contributed by atoms with Crippen LogP contribution in [0.5, 0.6) is 0 Å². The fourth-order valence-electron chi connectivity index (χ4n) is 3.23. The number of aromatic nitrogens is 1. The summed E-state index contributed by atoms with van der Waals surface area (Å²) in [5.41, 5.74) is 1.97. The largest absolute Gasteiger partial charge is 0.389 e. The average Bonchev–Trinajstić information content (AvgIpc) is 2.96. The molecule has 24 heavy (non-hydrogen) atoms. The molecule has 0 radical (unpaired) electrons. The topological polar surface area (TPSA) is 31.1 Å². The molecular formula is C16H22Cl2F3N3. The molecule has 3 rings (SSSR count). The maximum absolute atomic E-state index is 12.7. The zero-order valence-electron chi connectivity index (χ0n) is 13.1. The van der Waals surface area contributed by atoms with Crippen LogP contribution < -0.4 is 5.32 Å². The first kappa shape index (κ1) is 21.1. The van der Waals surface area contributed by atoms with E-state index in [4.69, 9.17) is 0 Å². The molecule has 0 saturated carbocycles. The van der Waals surface area contributed by atoms with Gasteiger partial charge in [-0.05, 0) is 24.1 Å². The first-order valence-corrected chi connectivity index (χ1v) is 7.62. The lowest BCUT2D eigenvalue weighted by molar-refractivity contribution is -0.138. The molecule has 8 heteroatoms. The predicted molar refractivity (Wildman–Crippen MR) is 95.3 cm³/mol. The summed E-state index contributed by atoms with van der Waals surface area (Å²) in [6.07, 6.45) is -2.92. The zero-order valence-corrected chi connectivity index (χ0v) is 14.7. The maximum Gasteiger partial charge on any atom is 0.389 e. The van der Waals surface area contributed by atoms with E-state index < -0.39 is 12.6 Å². The molecule has 3 nitrogen and oxygen atoms in total. The minimum atomic E-state index is -4.11. The highest BCUT2D eigenvalue weighted by Gasteiger charge is 2.31. The molecule has 1 fully saturated rings. The Morgan fingerprint density at radius 1 is 1.08 bits per heavy atom. The van der Waals surface area contributed by atoms with Crippen LogP contribution in [0.2, 0.25) is 0 Å². The van der Waals surface area contributed by atoms with E-state index in [1.165, 1.54) is 0 Å². The monoisotopic (exact) mass is 383 g/mol. The highest BCUT2D eigenvalue weighted by atomic mass is 35.5. The zero-order chi connectivity index (χ0) is 15.6. The van der Waals surface area contributed by atoms with Crippen molar-refractivity contribution in [1.29, 1.82) is 0 Å². The lowest BCUT2D eigenvalue weighted by Crippen LogP contribution is -2.45. The number of piperazine rings is 1. The van der Waals surface area contributed by atoms with Crippen molar-refractivity contribution < 1.29 is 13.2 Å². The van der Waals surface area contributed by atoms with Crippen molar-refractivity contribution >= 4 is 35.7 Å². The first-order chi connectivity index (χ1) is 10.5. The van der Waals surface area contributed by atoms with Gasteiger partial charge in [-0.1, -0.05) is 12.1 Å². The summed E-state index contributed by atoms with van der Waals surface area (Å²) in [5.74, 6) is 0. The molecule has 1 saturated heterocycles. The summed E-state index contributed by atoms with van der Waals surface area (Å²) in [5, 5.41) is 4.28. The smallest absolute Gasteiger partial charge is 0.361 e. The highest BCUT2D eigenvalue weighted by molar-refractivity contribution is 5.85. The van der Waals surface area contributed by atoms with Crippen LogP contribution in [0, 0.1) is 0 Å². The van der Waals surface area contributed by atoms with Gasteiger partial charge in [0.15, 0.2) is 0 Å². The predicted octanol–water partition coefficient (Wildman–Crippen LogP) is 4.30. The number of H-pyrrole nitrogens is 1. The summed E-state index contributed by atoms with van der Waals surface area (Å²) in [6.45, 7) is 3.21. The van der Waals surface area contributed by atoms with Gasteiger partial charge >= 0.3 is 6.18 Å². The van der Waals surface area contributed by atoms with Gasteiger partial charge in [0.25, 0.3) is 0 Å². The molecule has 0 bridgehead atoms. The van der Waals surface area contributed by atoms with Gasteiger partial charge < -0.3 is 10.3 Å². The molecule has 1 aliphatic rings. The average molecular weight is 384 g/mol. The Kier molecular flexibility index (Phi) is 7.86. The second-order valence-corrected chi connectivity index (χ2v) is 5.74. The fourth-order valence-corrected chi connectivity index (χ4v) is 3.23. The van der Waals surface area contributed by atoms with Gasteiger partial charge in [0, 0.05) is 55.7 Å². The Labute approximate surface area is 151 Å². The number of nitrogens with zero attached hydrogens (tertiary/aromatic N) is 1. The van der Waals surface area contributed by atoms with Crippen molar-refractivity contribution in [2.24, 2.45) is 0 Å². The molecular weight excluding hydrogens is 362 g/mol. The van der Waals surface area contributed by atoms with Gasteiger partial charge in [-0.3, -0.25) is 4.90 Å². The first-order valence-electron chi connectivity index (χ1n) is 7.62. The molecule has 0 unspecified atom stereocenters. The van der Waals surface area contributed by atoms with E-state index >= 15 is 0 Å². The number of aromatic amines is 1. The number of hydrogen-bond donors (Lipinski definition) is 2. The van der Waals surface area contributed by atoms with Crippen LogP contribution in [0.1, 0.15) is 24.4 Å². The lowest BCUT2D eigenvalue weighted by atomic mass is 9.96. The van der Waals surface area contributed by atoms with Crippen molar-refractivity contribution in [2.75, 3.05) is 26.2 Å². The lowest BCUT2D eigenvalue weighted by Gasteiger charge is -2.35. The van der Waals surface area contributed by atoms with Crippen molar-refractivity contribution in [3.63, 3.8) is 0 Å². The Morgan fingerprint density at radius 3 is 2.46 bits per heavy atom. The van der Waals surface area contributed by atoms with Crippen LogP contribution in [-0.2, 0) is 0 Å². The number of benzene rings is 1. The molecule has 0 spiro atoms. The molecule has 1 aliphatic heterocycles. The van der Waals surface area contributed by atoms with Gasteiger partial charge in [-0.25, -0.2) is 0 Å². The Bertz CT molecular complexity index is 624. The number of rotatable bonds is 4. The molecule has 2 N–H and O–H groups in total. The summed E-state index contributed by atoms with van der Waals surface area (Å²) in [7, 11) is 0. The highest BCUT2D eigenvalue weighted by Crippen LogP contribution is 2.34. The molecule has 1 aromatic carbocycles. The molecule has 0 amide bonds. The van der Waals surface area contributed by atoms with Crippen LogP contribution in [-0.4, -0.2) is 42.2 Å². The number of fused-ring (bicyclic) bond motifs is 1. The standard InChI is InChI=1S/C16H20F3N3.2ClH/c17-16(18,19)6-4-15(22-10-8-20-9-11-22)13-2-1-3-14-12(13)5-7-21-14;;/h1-3,5,7,15,20-21H,4,6,8-11H2;2*1H/t15-;;/m0../s1. The van der Waals surface area contributed by atoms with Crippen LogP contribution in [0.25, 0.3) is 10.9 Å². The minimum Gasteiger partial charge on any atom is -0.361 e. The fraction of sp³-hybridized carbons (Fsp3) is 0.500. The minimum absolute atomic E-state index is 0. The van der Waals surface area contributed by atoms with E-state index in [0.29, 0.717) is 0 Å². The van der Waals surface area contributed by atoms with Gasteiger partial charge in [0.1, 0.15) is 0 Å². The Balaban J connectivity index is 0.00000144.